The van der Waals surface area contributed by atoms with Crippen LogP contribution in [0.25, 0.3) is 0 Å². The van der Waals surface area contributed by atoms with Gasteiger partial charge in [-0.05, 0) is 42.9 Å². The van der Waals surface area contributed by atoms with Gasteiger partial charge in [0.15, 0.2) is 0 Å². The van der Waals surface area contributed by atoms with Crippen molar-refractivity contribution in [1.82, 2.24) is 5.32 Å². The van der Waals surface area contributed by atoms with E-state index in [2.05, 4.69) is 5.32 Å². The fraction of sp³-hybridized carbons (Fsp3) is 0.600. The van der Waals surface area contributed by atoms with E-state index in [1.807, 2.05) is 12.1 Å². The summed E-state index contributed by atoms with van der Waals surface area (Å²) >= 11 is 0. The summed E-state index contributed by atoms with van der Waals surface area (Å²) < 4.78 is 19.4. The molecule has 1 aromatic carbocycles. The molecule has 2 aliphatic rings. The van der Waals surface area contributed by atoms with Crippen LogP contribution in [0.1, 0.15) is 30.7 Å². The Morgan fingerprint density at radius 2 is 2.11 bits per heavy atom. The average Bonchev–Trinajstić information content (AvgIpc) is 2.36. The van der Waals surface area contributed by atoms with Gasteiger partial charge in [-0.15, -0.1) is 0 Å². The third-order valence-corrected chi connectivity index (χ3v) is 4.77. The molecule has 1 aliphatic heterocycles. The van der Waals surface area contributed by atoms with E-state index in [1.54, 1.807) is 19.2 Å². The van der Waals surface area contributed by atoms with Crippen molar-refractivity contribution in [2.75, 3.05) is 20.2 Å². The maximum atomic E-state index is 14.0. The highest BCUT2D eigenvalue weighted by Gasteiger charge is 2.51. The van der Waals surface area contributed by atoms with Gasteiger partial charge >= 0.3 is 0 Å². The van der Waals surface area contributed by atoms with Crippen LogP contribution in [0.3, 0.4) is 0 Å². The number of methoxy groups -OCH3 is 1. The summed E-state index contributed by atoms with van der Waals surface area (Å²) in [6, 6.07) is 7.21. The third kappa shape index (κ3) is 1.86. The summed E-state index contributed by atoms with van der Waals surface area (Å²) in [6.45, 7) is 1.93. The van der Waals surface area contributed by atoms with Crippen molar-refractivity contribution >= 4 is 0 Å². The van der Waals surface area contributed by atoms with Crippen LogP contribution in [0, 0.1) is 11.2 Å². The fourth-order valence-electron chi connectivity index (χ4n) is 3.67. The van der Waals surface area contributed by atoms with E-state index in [9.17, 15) is 4.39 Å². The Labute approximate surface area is 108 Å². The van der Waals surface area contributed by atoms with Crippen molar-refractivity contribution < 1.29 is 9.13 Å². The summed E-state index contributed by atoms with van der Waals surface area (Å²) in [7, 11) is 1.77. The van der Waals surface area contributed by atoms with Crippen molar-refractivity contribution in [3.05, 3.63) is 35.6 Å². The van der Waals surface area contributed by atoms with Crippen LogP contribution in [0.15, 0.2) is 24.3 Å². The highest BCUT2D eigenvalue weighted by atomic mass is 19.1. The highest BCUT2D eigenvalue weighted by molar-refractivity contribution is 5.27. The van der Waals surface area contributed by atoms with Crippen LogP contribution in [-0.4, -0.2) is 26.3 Å². The van der Waals surface area contributed by atoms with Gasteiger partial charge in [0.05, 0.1) is 6.10 Å². The van der Waals surface area contributed by atoms with Crippen LogP contribution in [0.2, 0.25) is 0 Å². The molecule has 1 atom stereocenters. The van der Waals surface area contributed by atoms with Crippen molar-refractivity contribution in [2.45, 2.75) is 31.3 Å². The van der Waals surface area contributed by atoms with Crippen LogP contribution in [0.4, 0.5) is 4.39 Å². The molecule has 0 aromatic heterocycles. The maximum absolute atomic E-state index is 14.0. The Hall–Kier alpha value is -0.930. The average molecular weight is 249 g/mol. The van der Waals surface area contributed by atoms with E-state index in [4.69, 9.17) is 4.74 Å². The first-order valence-corrected chi connectivity index (χ1v) is 6.73. The Morgan fingerprint density at radius 1 is 1.33 bits per heavy atom. The summed E-state index contributed by atoms with van der Waals surface area (Å²) in [5, 5.41) is 3.41. The Bertz CT molecular complexity index is 428. The van der Waals surface area contributed by atoms with Gasteiger partial charge in [-0.25, -0.2) is 4.39 Å². The summed E-state index contributed by atoms with van der Waals surface area (Å²) in [5.74, 6) is 0.227. The third-order valence-electron chi connectivity index (χ3n) is 4.77. The number of piperidine rings is 1. The first-order chi connectivity index (χ1) is 8.75. The molecule has 3 heteroatoms. The quantitative estimate of drug-likeness (QED) is 0.870. The molecule has 1 spiro atoms. The molecule has 1 aliphatic carbocycles. The summed E-state index contributed by atoms with van der Waals surface area (Å²) in [4.78, 5) is 0. The van der Waals surface area contributed by atoms with Crippen LogP contribution < -0.4 is 5.32 Å². The lowest BCUT2D eigenvalue weighted by Crippen LogP contribution is -2.53. The summed E-state index contributed by atoms with van der Waals surface area (Å²) in [6.07, 6.45) is 3.65. The molecule has 2 nitrogen and oxygen atoms in total. The SMILES string of the molecule is COC1CC2(CCNCC2c2ccccc2F)C1. The van der Waals surface area contributed by atoms with Gasteiger partial charge in [-0.1, -0.05) is 18.2 Å². The molecule has 1 aromatic rings. The second-order valence-electron chi connectivity index (χ2n) is 5.66. The van der Waals surface area contributed by atoms with E-state index in [-0.39, 0.29) is 11.2 Å². The number of rotatable bonds is 2. The number of nitrogens with one attached hydrogen (secondary N) is 1. The van der Waals surface area contributed by atoms with Crippen molar-refractivity contribution in [1.29, 1.82) is 0 Å². The Kier molecular flexibility index (Phi) is 3.12. The highest BCUT2D eigenvalue weighted by Crippen LogP contribution is 2.55. The van der Waals surface area contributed by atoms with Crippen molar-refractivity contribution in [2.24, 2.45) is 5.41 Å². The number of hydrogen-bond acceptors (Lipinski definition) is 2. The largest absolute Gasteiger partial charge is 0.381 e. The van der Waals surface area contributed by atoms with Crippen LogP contribution in [0.5, 0.6) is 0 Å². The lowest BCUT2D eigenvalue weighted by Gasteiger charge is -2.54. The second kappa shape index (κ2) is 4.63. The fourth-order valence-corrected chi connectivity index (χ4v) is 3.67. The van der Waals surface area contributed by atoms with E-state index < -0.39 is 0 Å². The maximum Gasteiger partial charge on any atom is 0.126 e. The van der Waals surface area contributed by atoms with Crippen LogP contribution in [-0.2, 0) is 4.74 Å². The molecule has 0 bridgehead atoms. The zero-order valence-corrected chi connectivity index (χ0v) is 10.8. The summed E-state index contributed by atoms with van der Waals surface area (Å²) in [5.41, 5.74) is 1.13. The predicted molar refractivity (Wildman–Crippen MR) is 69.1 cm³/mol. The predicted octanol–water partition coefficient (Wildman–Crippen LogP) is 2.70. The minimum absolute atomic E-state index is 0.0635. The van der Waals surface area contributed by atoms with Crippen molar-refractivity contribution in [3.8, 4) is 0 Å². The smallest absolute Gasteiger partial charge is 0.126 e. The Morgan fingerprint density at radius 3 is 2.83 bits per heavy atom. The standard InChI is InChI=1S/C15H20FNO/c1-18-11-8-15(9-11)6-7-17-10-13(15)12-4-2-3-5-14(12)16/h2-5,11,13,17H,6-10H2,1H3. The molecule has 1 unspecified atom stereocenters. The molecule has 1 saturated carbocycles. The van der Waals surface area contributed by atoms with E-state index in [0.29, 0.717) is 12.0 Å². The molecule has 18 heavy (non-hydrogen) atoms. The molecular formula is C15H20FNO. The minimum Gasteiger partial charge on any atom is -0.381 e. The van der Waals surface area contributed by atoms with Gasteiger partial charge in [-0.3, -0.25) is 0 Å². The van der Waals surface area contributed by atoms with Gasteiger partial charge in [0.25, 0.3) is 0 Å². The minimum atomic E-state index is -0.0635. The lowest BCUT2D eigenvalue weighted by molar-refractivity contribution is -0.0855. The zero-order valence-electron chi connectivity index (χ0n) is 10.8. The van der Waals surface area contributed by atoms with Crippen molar-refractivity contribution in [3.63, 3.8) is 0 Å². The van der Waals surface area contributed by atoms with E-state index in [0.717, 1.165) is 37.9 Å². The first-order valence-electron chi connectivity index (χ1n) is 6.73. The zero-order chi connectivity index (χ0) is 12.6. The number of benzene rings is 1. The number of ether oxygens (including phenoxy) is 1. The van der Waals surface area contributed by atoms with Gasteiger partial charge in [0.2, 0.25) is 0 Å². The topological polar surface area (TPSA) is 21.3 Å². The molecule has 1 heterocycles. The second-order valence-corrected chi connectivity index (χ2v) is 5.66. The first kappa shape index (κ1) is 12.1. The normalized spacial score (nSPS) is 35.4. The molecule has 0 amide bonds. The number of halogens is 1. The van der Waals surface area contributed by atoms with Gasteiger partial charge in [0, 0.05) is 19.6 Å². The van der Waals surface area contributed by atoms with Gasteiger partial charge in [-0.2, -0.15) is 0 Å². The Balaban J connectivity index is 1.87. The van der Waals surface area contributed by atoms with E-state index in [1.165, 1.54) is 0 Å². The molecule has 3 rings (SSSR count). The van der Waals surface area contributed by atoms with Gasteiger partial charge < -0.3 is 10.1 Å². The molecule has 2 fully saturated rings. The number of hydrogen-bond donors (Lipinski definition) is 1. The molecule has 0 radical (unpaired) electrons. The molecule has 98 valence electrons. The molecule has 1 N–H and O–H groups in total. The van der Waals surface area contributed by atoms with Gasteiger partial charge in [0.1, 0.15) is 5.82 Å². The lowest BCUT2D eigenvalue weighted by atomic mass is 9.55. The van der Waals surface area contributed by atoms with E-state index >= 15 is 0 Å². The monoisotopic (exact) mass is 249 g/mol. The molecular weight excluding hydrogens is 229 g/mol. The van der Waals surface area contributed by atoms with Crippen LogP contribution >= 0.6 is 0 Å². The molecule has 1 saturated heterocycles.